The van der Waals surface area contributed by atoms with Gasteiger partial charge in [0.25, 0.3) is 5.13 Å². The number of esters is 1. The molecule has 216 valence electrons. The van der Waals surface area contributed by atoms with Gasteiger partial charge in [-0.3, -0.25) is 4.79 Å². The summed E-state index contributed by atoms with van der Waals surface area (Å²) in [5.41, 5.74) is 4.77. The molecular weight excluding hydrogens is 591 g/mol. The van der Waals surface area contributed by atoms with Gasteiger partial charge in [-0.05, 0) is 93.3 Å². The Morgan fingerprint density at radius 1 is 0.857 bits per heavy atom. The molecule has 1 aliphatic rings. The van der Waals surface area contributed by atoms with Gasteiger partial charge in [0.05, 0.1) is 40.1 Å². The number of thioether (sulfide) groups is 1. The fraction of sp³-hybridized carbons (Fsp3) is 0.321. The fourth-order valence-corrected chi connectivity index (χ4v) is 6.39. The number of anilines is 1. The van der Waals surface area contributed by atoms with Gasteiger partial charge in [0.15, 0.2) is 4.34 Å². The lowest BCUT2D eigenvalue weighted by Crippen LogP contribution is -2.15. The first kappa shape index (κ1) is 29.6. The van der Waals surface area contributed by atoms with Crippen LogP contribution in [0.5, 0.6) is 0 Å². The summed E-state index contributed by atoms with van der Waals surface area (Å²) in [7, 11) is 0. The second-order valence-corrected chi connectivity index (χ2v) is 12.5. The predicted octanol–water partition coefficient (Wildman–Crippen LogP) is 9.72. The number of carbonyl (C=O) groups excluding carboxylic acids is 1. The Morgan fingerprint density at radius 2 is 1.52 bits per heavy atom. The van der Waals surface area contributed by atoms with E-state index in [0.29, 0.717) is 27.5 Å². The van der Waals surface area contributed by atoms with Crippen molar-refractivity contribution in [2.45, 2.75) is 38.0 Å². The molecule has 1 fully saturated rings. The Bertz CT molecular complexity index is 1620. The van der Waals surface area contributed by atoms with Crippen LogP contribution in [0.25, 0.3) is 0 Å². The van der Waals surface area contributed by atoms with Crippen molar-refractivity contribution in [3.05, 3.63) is 59.7 Å². The van der Waals surface area contributed by atoms with E-state index >= 15 is 0 Å². The minimum Gasteiger partial charge on any atom is -0.465 e. The second kappa shape index (κ2) is 14.3. The van der Waals surface area contributed by atoms with E-state index in [9.17, 15) is 4.79 Å². The lowest BCUT2D eigenvalue weighted by Gasteiger charge is -2.13. The first-order valence-corrected chi connectivity index (χ1v) is 16.0. The van der Waals surface area contributed by atoms with Crippen molar-refractivity contribution in [2.24, 2.45) is 30.7 Å². The van der Waals surface area contributed by atoms with Crippen LogP contribution >= 0.6 is 34.4 Å². The van der Waals surface area contributed by atoms with Crippen LogP contribution in [-0.4, -0.2) is 41.6 Å². The normalized spacial score (nSPS) is 13.7. The molecule has 0 unspecified atom stereocenters. The molecule has 2 aromatic carbocycles. The monoisotopic (exact) mass is 619 g/mol. The van der Waals surface area contributed by atoms with Gasteiger partial charge in [-0.2, -0.15) is 10.2 Å². The SMILES string of the molecule is CCOC(=O)CSc1nnc(N=Nc2ccc(N=Nc3ccc(N=Nc4ccc(N5CCCC5)s4)cc3C)cc2C)s1. The molecule has 11 nitrogen and oxygen atoms in total. The van der Waals surface area contributed by atoms with Gasteiger partial charge in [-0.25, -0.2) is 0 Å². The summed E-state index contributed by atoms with van der Waals surface area (Å²) in [5, 5.41) is 36.8. The molecule has 0 N–H and O–H groups in total. The van der Waals surface area contributed by atoms with Crippen molar-refractivity contribution >= 4 is 78.3 Å². The molecule has 0 atom stereocenters. The molecule has 0 amide bonds. The third kappa shape index (κ3) is 8.11. The third-order valence-electron chi connectivity index (χ3n) is 6.15. The van der Waals surface area contributed by atoms with Crippen molar-refractivity contribution in [3.63, 3.8) is 0 Å². The van der Waals surface area contributed by atoms with E-state index in [0.717, 1.165) is 40.6 Å². The number of hydrogen-bond acceptors (Lipinski definition) is 14. The summed E-state index contributed by atoms with van der Waals surface area (Å²) in [4.78, 5) is 13.9. The van der Waals surface area contributed by atoms with E-state index in [2.05, 4.69) is 51.8 Å². The summed E-state index contributed by atoms with van der Waals surface area (Å²) in [5.74, 6) is -0.109. The molecule has 0 aliphatic carbocycles. The van der Waals surface area contributed by atoms with E-state index in [-0.39, 0.29) is 11.7 Å². The van der Waals surface area contributed by atoms with E-state index in [1.165, 1.54) is 40.9 Å². The van der Waals surface area contributed by atoms with E-state index in [4.69, 9.17) is 4.74 Å². The maximum Gasteiger partial charge on any atom is 0.316 e. The van der Waals surface area contributed by atoms with Gasteiger partial charge >= 0.3 is 5.97 Å². The Balaban J connectivity index is 1.17. The van der Waals surface area contributed by atoms with E-state index in [1.807, 2.05) is 56.3 Å². The molecule has 4 aromatic rings. The number of rotatable bonds is 11. The van der Waals surface area contributed by atoms with E-state index in [1.54, 1.807) is 18.3 Å². The second-order valence-electron chi connectivity index (χ2n) is 9.29. The predicted molar refractivity (Wildman–Crippen MR) is 168 cm³/mol. The van der Waals surface area contributed by atoms with Gasteiger partial charge in [0.1, 0.15) is 5.00 Å². The van der Waals surface area contributed by atoms with E-state index < -0.39 is 0 Å². The topological polar surface area (TPSA) is 129 Å². The Kier molecular flexibility index (Phi) is 10.1. The van der Waals surface area contributed by atoms with Crippen LogP contribution in [-0.2, 0) is 9.53 Å². The Morgan fingerprint density at radius 3 is 2.19 bits per heavy atom. The smallest absolute Gasteiger partial charge is 0.316 e. The number of aromatic nitrogens is 2. The summed E-state index contributed by atoms with van der Waals surface area (Å²) >= 11 is 4.19. The fourth-order valence-electron chi connectivity index (χ4n) is 4.05. The molecule has 1 saturated heterocycles. The molecule has 1 aliphatic heterocycles. The molecule has 3 heterocycles. The molecule has 14 heteroatoms. The highest BCUT2D eigenvalue weighted by molar-refractivity contribution is 8.01. The average Bonchev–Trinajstić information content (AvgIpc) is 3.76. The number of aryl methyl sites for hydroxylation is 2. The quantitative estimate of drug-likeness (QED) is 0.0933. The average molecular weight is 620 g/mol. The number of ether oxygens (including phenoxy) is 1. The summed E-state index contributed by atoms with van der Waals surface area (Å²) in [6.07, 6.45) is 2.51. The largest absolute Gasteiger partial charge is 0.465 e. The van der Waals surface area contributed by atoms with Gasteiger partial charge < -0.3 is 9.64 Å². The van der Waals surface area contributed by atoms with Crippen LogP contribution in [0.4, 0.5) is 37.9 Å². The number of nitrogens with zero attached hydrogens (tertiary/aromatic N) is 9. The van der Waals surface area contributed by atoms with Gasteiger partial charge in [-0.1, -0.05) is 34.4 Å². The molecule has 0 bridgehead atoms. The van der Waals surface area contributed by atoms with Crippen LogP contribution in [0.15, 0.2) is 83.6 Å². The summed E-state index contributed by atoms with van der Waals surface area (Å²) in [6, 6.07) is 15.5. The van der Waals surface area contributed by atoms with Gasteiger partial charge in [-0.15, -0.1) is 30.7 Å². The minimum atomic E-state index is -0.289. The molecule has 0 radical (unpaired) electrons. The standard InChI is InChI=1S/C28H29N9O2S3/c1-4-39-26(38)17-40-28-36-35-27(42-28)34-32-23-10-7-20(15-19(23)3)29-31-22-9-8-21(16-18(22)2)30-33-24-11-12-25(41-24)37-13-5-6-14-37/h7-12,15-16H,4-6,13-14,17H2,1-3H3. The number of benzene rings is 2. The number of hydrogen-bond donors (Lipinski definition) is 0. The summed E-state index contributed by atoms with van der Waals surface area (Å²) < 4.78 is 5.55. The number of azo groups is 3. The van der Waals surface area contributed by atoms with Crippen LogP contribution in [0, 0.1) is 13.8 Å². The van der Waals surface area contributed by atoms with Crippen molar-refractivity contribution in [2.75, 3.05) is 30.3 Å². The van der Waals surface area contributed by atoms with Crippen molar-refractivity contribution < 1.29 is 9.53 Å². The molecule has 0 spiro atoms. The third-order valence-corrected chi connectivity index (χ3v) is 9.10. The zero-order valence-electron chi connectivity index (χ0n) is 23.4. The molecule has 2 aromatic heterocycles. The zero-order chi connectivity index (χ0) is 29.3. The zero-order valence-corrected chi connectivity index (χ0v) is 25.9. The number of thiophene rings is 1. The summed E-state index contributed by atoms with van der Waals surface area (Å²) in [6.45, 7) is 8.27. The molecule has 42 heavy (non-hydrogen) atoms. The van der Waals surface area contributed by atoms with Crippen molar-refractivity contribution in [1.82, 2.24) is 10.2 Å². The maximum atomic E-state index is 11.5. The highest BCUT2D eigenvalue weighted by atomic mass is 32.2. The van der Waals surface area contributed by atoms with Gasteiger partial charge in [0.2, 0.25) is 0 Å². The minimum absolute atomic E-state index is 0.179. The highest BCUT2D eigenvalue weighted by Gasteiger charge is 2.14. The Hall–Kier alpha value is -3.88. The Labute approximate surface area is 255 Å². The van der Waals surface area contributed by atoms with Crippen LogP contribution < -0.4 is 4.90 Å². The lowest BCUT2D eigenvalue weighted by molar-refractivity contribution is -0.139. The van der Waals surface area contributed by atoms with Crippen LogP contribution in [0.3, 0.4) is 0 Å². The molecule has 5 rings (SSSR count). The molecular formula is C28H29N9O2S3. The first-order chi connectivity index (χ1) is 20.5. The highest BCUT2D eigenvalue weighted by Crippen LogP contribution is 2.36. The van der Waals surface area contributed by atoms with Crippen molar-refractivity contribution in [3.8, 4) is 0 Å². The lowest BCUT2D eigenvalue weighted by atomic mass is 10.2. The van der Waals surface area contributed by atoms with Crippen molar-refractivity contribution in [1.29, 1.82) is 0 Å². The first-order valence-electron chi connectivity index (χ1n) is 13.4. The maximum absolute atomic E-state index is 11.5. The van der Waals surface area contributed by atoms with Gasteiger partial charge in [0, 0.05) is 13.1 Å². The number of carbonyl (C=O) groups is 1. The van der Waals surface area contributed by atoms with Crippen LogP contribution in [0.2, 0.25) is 0 Å². The molecule has 0 saturated carbocycles. The van der Waals surface area contributed by atoms with Crippen LogP contribution in [0.1, 0.15) is 30.9 Å².